The monoisotopic (exact) mass is 256 g/mol. The van der Waals surface area contributed by atoms with E-state index in [0.29, 0.717) is 36.2 Å². The van der Waals surface area contributed by atoms with Crippen LogP contribution in [0, 0.1) is 0 Å². The first kappa shape index (κ1) is 12.7. The van der Waals surface area contributed by atoms with Crippen molar-refractivity contribution in [3.8, 4) is 0 Å². The summed E-state index contributed by atoms with van der Waals surface area (Å²) in [6.45, 7) is 0.540. The topological polar surface area (TPSA) is 77.0 Å². The summed E-state index contributed by atoms with van der Waals surface area (Å²) in [5, 5.41) is 12.0. The molecule has 0 amide bonds. The third kappa shape index (κ3) is 3.35. The second-order valence-corrected chi connectivity index (χ2v) is 5.43. The highest BCUT2D eigenvalue weighted by Gasteiger charge is 2.25. The number of nitrogens with zero attached hydrogens (tertiary/aromatic N) is 2. The highest BCUT2D eigenvalue weighted by atomic mass is 32.2. The lowest BCUT2D eigenvalue weighted by Gasteiger charge is -2.30. The average Bonchev–Trinajstić information content (AvgIpc) is 2.78. The molecule has 0 saturated heterocycles. The van der Waals surface area contributed by atoms with Crippen LogP contribution >= 0.6 is 11.8 Å². The summed E-state index contributed by atoms with van der Waals surface area (Å²) >= 11 is 1.92. The fourth-order valence-corrected chi connectivity index (χ4v) is 3.17. The molecule has 17 heavy (non-hydrogen) atoms. The van der Waals surface area contributed by atoms with E-state index in [9.17, 15) is 0 Å². The number of hydrogen-bond donors (Lipinski definition) is 2. The lowest BCUT2D eigenvalue weighted by molar-refractivity contribution is 0.450. The van der Waals surface area contributed by atoms with Gasteiger partial charge in [-0.25, -0.2) is 0 Å². The van der Waals surface area contributed by atoms with E-state index in [1.54, 1.807) is 0 Å². The van der Waals surface area contributed by atoms with Crippen molar-refractivity contribution in [2.75, 3.05) is 18.1 Å². The minimum Gasteiger partial charge on any atom is -0.408 e. The van der Waals surface area contributed by atoms with Gasteiger partial charge >= 0.3 is 6.01 Å². The quantitative estimate of drug-likeness (QED) is 0.834. The van der Waals surface area contributed by atoms with Crippen molar-refractivity contribution in [2.45, 2.75) is 43.4 Å². The zero-order valence-electron chi connectivity index (χ0n) is 10.2. The Morgan fingerprint density at radius 1 is 1.41 bits per heavy atom. The van der Waals surface area contributed by atoms with Gasteiger partial charge in [0, 0.05) is 24.3 Å². The van der Waals surface area contributed by atoms with Crippen LogP contribution in [0.4, 0.5) is 6.01 Å². The van der Waals surface area contributed by atoms with Gasteiger partial charge < -0.3 is 15.5 Å². The van der Waals surface area contributed by atoms with Crippen LogP contribution in [0.25, 0.3) is 0 Å². The van der Waals surface area contributed by atoms with E-state index in [-0.39, 0.29) is 0 Å². The molecular formula is C11H20N4OS. The number of anilines is 1. The zero-order valence-corrected chi connectivity index (χ0v) is 11.0. The first-order chi connectivity index (χ1) is 8.33. The average molecular weight is 256 g/mol. The van der Waals surface area contributed by atoms with E-state index in [4.69, 9.17) is 10.2 Å². The molecule has 0 bridgehead atoms. The van der Waals surface area contributed by atoms with Crippen molar-refractivity contribution >= 4 is 17.8 Å². The van der Waals surface area contributed by atoms with Crippen LogP contribution in [-0.2, 0) is 6.42 Å². The maximum absolute atomic E-state index is 5.50. The largest absolute Gasteiger partial charge is 0.408 e. The normalized spacial score (nSPS) is 24.8. The summed E-state index contributed by atoms with van der Waals surface area (Å²) in [7, 11) is 0. The third-order valence-corrected chi connectivity index (χ3v) is 4.31. The number of thioether (sulfide) groups is 1. The molecule has 1 aliphatic rings. The van der Waals surface area contributed by atoms with Gasteiger partial charge in [-0.3, -0.25) is 0 Å². The fourth-order valence-electron chi connectivity index (χ4n) is 2.24. The van der Waals surface area contributed by atoms with Crippen LogP contribution in [0.3, 0.4) is 0 Å². The molecule has 3 N–H and O–H groups in total. The molecular weight excluding hydrogens is 236 g/mol. The summed E-state index contributed by atoms with van der Waals surface area (Å²) in [6, 6.07) is 0.990. The third-order valence-electron chi connectivity index (χ3n) is 3.14. The first-order valence-corrected chi connectivity index (χ1v) is 7.44. The first-order valence-electron chi connectivity index (χ1n) is 6.15. The number of nitrogens with two attached hydrogens (primary N) is 1. The lowest BCUT2D eigenvalue weighted by atomic mass is 9.95. The van der Waals surface area contributed by atoms with Gasteiger partial charge in [0.25, 0.3) is 0 Å². The molecule has 5 nitrogen and oxygen atoms in total. The van der Waals surface area contributed by atoms with Crippen molar-refractivity contribution in [2.24, 2.45) is 5.73 Å². The van der Waals surface area contributed by atoms with Crippen molar-refractivity contribution < 1.29 is 4.42 Å². The van der Waals surface area contributed by atoms with Gasteiger partial charge in [0.15, 0.2) is 0 Å². The van der Waals surface area contributed by atoms with Gasteiger partial charge in [0.1, 0.15) is 0 Å². The molecule has 1 aliphatic carbocycles. The summed E-state index contributed by atoms with van der Waals surface area (Å²) in [6.07, 6.45) is 7.86. The second-order valence-electron chi connectivity index (χ2n) is 4.35. The van der Waals surface area contributed by atoms with Crippen LogP contribution in [0.1, 0.15) is 31.6 Å². The number of hydrogen-bond acceptors (Lipinski definition) is 6. The van der Waals surface area contributed by atoms with E-state index >= 15 is 0 Å². The Bertz CT molecular complexity index is 344. The molecule has 2 unspecified atom stereocenters. The van der Waals surface area contributed by atoms with Gasteiger partial charge in [-0.2, -0.15) is 11.8 Å². The summed E-state index contributed by atoms with van der Waals surface area (Å²) in [5.74, 6) is 0.617. The SMILES string of the molecule is CSC1CCCCC1Nc1nnc(CCN)o1. The molecule has 2 atom stereocenters. The Labute approximate surface area is 106 Å². The smallest absolute Gasteiger partial charge is 0.315 e. The molecule has 0 aliphatic heterocycles. The predicted octanol–water partition coefficient (Wildman–Crippen LogP) is 1.66. The van der Waals surface area contributed by atoms with Gasteiger partial charge in [0.05, 0.1) is 0 Å². The van der Waals surface area contributed by atoms with Crippen LogP contribution in [0.15, 0.2) is 4.42 Å². The van der Waals surface area contributed by atoms with E-state index < -0.39 is 0 Å². The molecule has 1 saturated carbocycles. The number of nitrogens with one attached hydrogen (secondary N) is 1. The minimum absolute atomic E-state index is 0.449. The summed E-state index contributed by atoms with van der Waals surface area (Å²) in [4.78, 5) is 0. The van der Waals surface area contributed by atoms with Crippen LogP contribution in [-0.4, -0.2) is 34.3 Å². The summed E-state index contributed by atoms with van der Waals surface area (Å²) in [5.41, 5.74) is 5.45. The Morgan fingerprint density at radius 3 is 3.00 bits per heavy atom. The minimum atomic E-state index is 0.449. The number of aromatic nitrogens is 2. The van der Waals surface area contributed by atoms with Crippen LogP contribution in [0.2, 0.25) is 0 Å². The molecule has 96 valence electrons. The molecule has 1 heterocycles. The second kappa shape index (κ2) is 6.26. The molecule has 0 radical (unpaired) electrons. The summed E-state index contributed by atoms with van der Waals surface area (Å²) < 4.78 is 5.50. The molecule has 2 rings (SSSR count). The van der Waals surface area contributed by atoms with Gasteiger partial charge in [-0.1, -0.05) is 17.9 Å². The van der Waals surface area contributed by atoms with Gasteiger partial charge in [-0.05, 0) is 19.1 Å². The Hall–Kier alpha value is -0.750. The lowest BCUT2D eigenvalue weighted by Crippen LogP contribution is -2.34. The van der Waals surface area contributed by atoms with E-state index in [1.165, 1.54) is 25.7 Å². The van der Waals surface area contributed by atoms with Crippen molar-refractivity contribution in [3.05, 3.63) is 5.89 Å². The molecule has 0 aromatic carbocycles. The van der Waals surface area contributed by atoms with E-state index in [0.717, 1.165) is 0 Å². The Morgan fingerprint density at radius 2 is 2.24 bits per heavy atom. The fraction of sp³-hybridized carbons (Fsp3) is 0.818. The highest BCUT2D eigenvalue weighted by molar-refractivity contribution is 7.99. The molecule has 1 aromatic heterocycles. The van der Waals surface area contributed by atoms with E-state index in [2.05, 4.69) is 21.8 Å². The van der Waals surface area contributed by atoms with Crippen molar-refractivity contribution in [3.63, 3.8) is 0 Å². The number of rotatable bonds is 5. The van der Waals surface area contributed by atoms with Gasteiger partial charge in [0.2, 0.25) is 5.89 Å². The van der Waals surface area contributed by atoms with E-state index in [1.807, 2.05) is 11.8 Å². The maximum atomic E-state index is 5.50. The Balaban J connectivity index is 1.93. The maximum Gasteiger partial charge on any atom is 0.315 e. The molecule has 1 fully saturated rings. The molecule has 1 aromatic rings. The molecule has 6 heteroatoms. The molecule has 0 spiro atoms. The van der Waals surface area contributed by atoms with Crippen LogP contribution < -0.4 is 11.1 Å². The predicted molar refractivity (Wildman–Crippen MR) is 70.2 cm³/mol. The Kier molecular flexibility index (Phi) is 4.67. The standard InChI is InChI=1S/C11H20N4OS/c1-17-9-5-3-2-4-8(9)13-11-15-14-10(16-11)6-7-12/h8-9H,2-7,12H2,1H3,(H,13,15). The highest BCUT2D eigenvalue weighted by Crippen LogP contribution is 2.29. The van der Waals surface area contributed by atoms with Gasteiger partial charge in [-0.15, -0.1) is 5.10 Å². The van der Waals surface area contributed by atoms with Crippen molar-refractivity contribution in [1.82, 2.24) is 10.2 Å². The van der Waals surface area contributed by atoms with Crippen molar-refractivity contribution in [1.29, 1.82) is 0 Å². The van der Waals surface area contributed by atoms with Crippen LogP contribution in [0.5, 0.6) is 0 Å². The zero-order chi connectivity index (χ0) is 12.1.